The lowest BCUT2D eigenvalue weighted by Crippen LogP contribution is -2.63. The molecular weight excluding hydrogens is 473 g/mol. The molecule has 1 amide bonds. The van der Waals surface area contributed by atoms with Gasteiger partial charge >= 0.3 is 6.09 Å². The number of nitrogens with zero attached hydrogens (tertiary/aromatic N) is 5. The van der Waals surface area contributed by atoms with Crippen molar-refractivity contribution >= 4 is 41.7 Å². The molecule has 28 heavy (non-hydrogen) atoms. The molecule has 9 nitrogen and oxygen atoms in total. The lowest BCUT2D eigenvalue weighted by molar-refractivity contribution is 0.00701. The van der Waals surface area contributed by atoms with E-state index in [0.717, 1.165) is 17.9 Å². The minimum absolute atomic E-state index is 0. The fourth-order valence-electron chi connectivity index (χ4n) is 2.79. The zero-order valence-electron chi connectivity index (χ0n) is 16.7. The van der Waals surface area contributed by atoms with Crippen LogP contribution in [0.5, 0.6) is 0 Å². The first-order valence-electron chi connectivity index (χ1n) is 9.09. The number of amides is 1. The second-order valence-corrected chi connectivity index (χ2v) is 7.52. The zero-order valence-corrected chi connectivity index (χ0v) is 19.0. The van der Waals surface area contributed by atoms with Crippen LogP contribution < -0.4 is 10.6 Å². The summed E-state index contributed by atoms with van der Waals surface area (Å²) in [6, 6.07) is 5.99. The minimum atomic E-state index is -0.473. The van der Waals surface area contributed by atoms with Gasteiger partial charge in [0.05, 0.1) is 6.04 Å². The van der Waals surface area contributed by atoms with Gasteiger partial charge in [0.1, 0.15) is 11.4 Å². The molecule has 0 saturated carbocycles. The molecule has 1 aliphatic rings. The smallest absolute Gasteiger partial charge is 0.410 e. The number of carbonyl (C=O) groups is 1. The van der Waals surface area contributed by atoms with Crippen LogP contribution in [0.25, 0.3) is 5.65 Å². The Morgan fingerprint density at radius 1 is 1.32 bits per heavy atom. The van der Waals surface area contributed by atoms with Gasteiger partial charge in [0.2, 0.25) is 0 Å². The molecule has 2 N–H and O–H groups in total. The fraction of sp³-hybridized carbons (Fsp3) is 0.556. The van der Waals surface area contributed by atoms with Gasteiger partial charge in [0.15, 0.2) is 11.6 Å². The van der Waals surface area contributed by atoms with E-state index >= 15 is 0 Å². The monoisotopic (exact) mass is 501 g/mol. The second-order valence-electron chi connectivity index (χ2n) is 7.52. The maximum atomic E-state index is 12.0. The van der Waals surface area contributed by atoms with E-state index in [1.165, 1.54) is 0 Å². The fourth-order valence-corrected chi connectivity index (χ4v) is 2.79. The third-order valence-corrected chi connectivity index (χ3v) is 4.12. The van der Waals surface area contributed by atoms with Crippen LogP contribution in [0.2, 0.25) is 0 Å². The van der Waals surface area contributed by atoms with E-state index in [0.29, 0.717) is 25.6 Å². The summed E-state index contributed by atoms with van der Waals surface area (Å²) in [5.41, 5.74) is 0.366. The molecule has 154 valence electrons. The Morgan fingerprint density at radius 2 is 2.07 bits per heavy atom. The number of halogens is 1. The van der Waals surface area contributed by atoms with E-state index in [4.69, 9.17) is 4.74 Å². The average molecular weight is 501 g/mol. The molecule has 0 unspecified atom stereocenters. The highest BCUT2D eigenvalue weighted by Crippen LogP contribution is 2.15. The molecule has 1 fully saturated rings. The number of aliphatic imine (C=N–C) groups is 1. The standard InChI is InChI=1S/C18H27N7O2.HI/c1-18(2,3)27-17(26)24-11-13(12-24)21-16(19-4)20-9-8-15-23-22-14-7-5-6-10-25(14)15;/h5-7,10,13H,8-9,11-12H2,1-4H3,(H2,19,20,21);1H. The van der Waals surface area contributed by atoms with Crippen LogP contribution >= 0.6 is 24.0 Å². The summed E-state index contributed by atoms with van der Waals surface area (Å²) in [5, 5.41) is 15.0. The highest BCUT2D eigenvalue weighted by atomic mass is 127. The zero-order chi connectivity index (χ0) is 19.4. The highest BCUT2D eigenvalue weighted by Gasteiger charge is 2.34. The van der Waals surface area contributed by atoms with Crippen LogP contribution in [0.1, 0.15) is 26.6 Å². The topological polar surface area (TPSA) is 96.1 Å². The number of likely N-dealkylation sites (tertiary alicyclic amines) is 1. The molecule has 3 heterocycles. The van der Waals surface area contributed by atoms with E-state index in [1.54, 1.807) is 11.9 Å². The largest absolute Gasteiger partial charge is 0.444 e. The van der Waals surface area contributed by atoms with Crippen LogP contribution in [-0.4, -0.2) is 69.9 Å². The first kappa shape index (κ1) is 22.2. The molecule has 0 aliphatic carbocycles. The van der Waals surface area contributed by atoms with Crippen molar-refractivity contribution in [2.45, 2.75) is 38.8 Å². The summed E-state index contributed by atoms with van der Waals surface area (Å²) in [4.78, 5) is 17.9. The Kier molecular flexibility index (Phi) is 7.44. The van der Waals surface area contributed by atoms with Crippen LogP contribution in [0, 0.1) is 0 Å². The van der Waals surface area contributed by atoms with Crippen LogP contribution in [-0.2, 0) is 11.2 Å². The summed E-state index contributed by atoms with van der Waals surface area (Å²) in [6.07, 6.45) is 2.40. The van der Waals surface area contributed by atoms with Gasteiger partial charge in [0.25, 0.3) is 0 Å². The number of nitrogens with one attached hydrogen (secondary N) is 2. The molecule has 2 aromatic rings. The number of ether oxygens (including phenoxy) is 1. The number of pyridine rings is 1. The summed E-state index contributed by atoms with van der Waals surface area (Å²) in [5.74, 6) is 1.60. The molecule has 10 heteroatoms. The van der Waals surface area contributed by atoms with Gasteiger partial charge in [-0.25, -0.2) is 4.79 Å². The van der Waals surface area contributed by atoms with Gasteiger partial charge in [-0.2, -0.15) is 0 Å². The number of fused-ring (bicyclic) bond motifs is 1. The van der Waals surface area contributed by atoms with Crippen molar-refractivity contribution in [3.05, 3.63) is 30.2 Å². The molecule has 1 saturated heterocycles. The predicted octanol–water partition coefficient (Wildman–Crippen LogP) is 1.67. The van der Waals surface area contributed by atoms with Gasteiger partial charge in [-0.3, -0.25) is 9.39 Å². The Hall–Kier alpha value is -2.11. The maximum Gasteiger partial charge on any atom is 0.410 e. The molecule has 0 radical (unpaired) electrons. The maximum absolute atomic E-state index is 12.0. The molecule has 0 bridgehead atoms. The number of guanidine groups is 1. The minimum Gasteiger partial charge on any atom is -0.444 e. The summed E-state index contributed by atoms with van der Waals surface area (Å²) < 4.78 is 7.34. The lowest BCUT2D eigenvalue weighted by atomic mass is 10.1. The number of carbonyl (C=O) groups excluding carboxylic acids is 1. The lowest BCUT2D eigenvalue weighted by Gasteiger charge is -2.40. The number of hydrogen-bond acceptors (Lipinski definition) is 5. The average Bonchev–Trinajstić information content (AvgIpc) is 2.97. The molecule has 3 rings (SSSR count). The Balaban J connectivity index is 0.00000280. The van der Waals surface area contributed by atoms with E-state index in [9.17, 15) is 4.79 Å². The van der Waals surface area contributed by atoms with Gasteiger partial charge < -0.3 is 20.3 Å². The van der Waals surface area contributed by atoms with Crippen molar-refractivity contribution in [1.29, 1.82) is 0 Å². The van der Waals surface area contributed by atoms with Crippen molar-refractivity contribution < 1.29 is 9.53 Å². The Bertz CT molecular complexity index is 825. The van der Waals surface area contributed by atoms with Crippen molar-refractivity contribution in [2.24, 2.45) is 4.99 Å². The van der Waals surface area contributed by atoms with Crippen LogP contribution in [0.15, 0.2) is 29.4 Å². The first-order chi connectivity index (χ1) is 12.9. The van der Waals surface area contributed by atoms with Crippen molar-refractivity contribution in [3.8, 4) is 0 Å². The van der Waals surface area contributed by atoms with Gasteiger partial charge in [-0.15, -0.1) is 34.2 Å². The van der Waals surface area contributed by atoms with Crippen molar-refractivity contribution in [1.82, 2.24) is 30.1 Å². The first-order valence-corrected chi connectivity index (χ1v) is 9.09. The summed E-state index contributed by atoms with van der Waals surface area (Å²) in [6.45, 7) is 7.48. The van der Waals surface area contributed by atoms with Crippen molar-refractivity contribution in [2.75, 3.05) is 26.7 Å². The number of aromatic nitrogens is 3. The van der Waals surface area contributed by atoms with Gasteiger partial charge in [-0.05, 0) is 32.9 Å². The van der Waals surface area contributed by atoms with Gasteiger partial charge in [-0.1, -0.05) is 6.07 Å². The van der Waals surface area contributed by atoms with E-state index in [-0.39, 0.29) is 36.1 Å². The number of rotatable bonds is 4. The quantitative estimate of drug-likeness (QED) is 0.376. The molecule has 0 atom stereocenters. The van der Waals surface area contributed by atoms with Gasteiger partial charge in [0, 0.05) is 39.3 Å². The summed E-state index contributed by atoms with van der Waals surface area (Å²) in [7, 11) is 1.73. The predicted molar refractivity (Wildman–Crippen MR) is 118 cm³/mol. The normalized spacial score (nSPS) is 15.0. The van der Waals surface area contributed by atoms with E-state index in [1.807, 2.05) is 49.6 Å². The molecular formula is C18H28IN7O2. The molecule has 0 aromatic carbocycles. The summed E-state index contributed by atoms with van der Waals surface area (Å²) >= 11 is 0. The molecule has 1 aliphatic heterocycles. The highest BCUT2D eigenvalue weighted by molar-refractivity contribution is 14.0. The van der Waals surface area contributed by atoms with E-state index in [2.05, 4.69) is 25.8 Å². The second kappa shape index (κ2) is 9.39. The third-order valence-electron chi connectivity index (χ3n) is 4.12. The van der Waals surface area contributed by atoms with Crippen molar-refractivity contribution in [3.63, 3.8) is 0 Å². The Labute approximate surface area is 182 Å². The number of hydrogen-bond donors (Lipinski definition) is 2. The molecule has 0 spiro atoms. The third kappa shape index (κ3) is 5.69. The Morgan fingerprint density at radius 3 is 2.75 bits per heavy atom. The molecule has 2 aromatic heterocycles. The van der Waals surface area contributed by atoms with E-state index < -0.39 is 5.60 Å². The van der Waals surface area contributed by atoms with Crippen LogP contribution in [0.4, 0.5) is 4.79 Å². The van der Waals surface area contributed by atoms with Crippen LogP contribution in [0.3, 0.4) is 0 Å². The SMILES string of the molecule is CN=C(NCCc1nnc2ccccn12)NC1CN(C(=O)OC(C)(C)C)C1.I.